The van der Waals surface area contributed by atoms with Gasteiger partial charge in [0.05, 0.1) is 0 Å². The summed E-state index contributed by atoms with van der Waals surface area (Å²) >= 11 is 0. The Kier molecular flexibility index (Phi) is 4.77. The number of fused-ring (bicyclic) bond motifs is 1. The number of hydrogen-bond donors (Lipinski definition) is 0. The first-order valence-electron chi connectivity index (χ1n) is 8.76. The minimum atomic E-state index is -0.646. The van der Waals surface area contributed by atoms with E-state index >= 15 is 0 Å². The number of nitrogens with zero attached hydrogens (tertiary/aromatic N) is 1. The maximum Gasteiger partial charge on any atom is 0.195 e. The molecule has 0 bridgehead atoms. The van der Waals surface area contributed by atoms with Gasteiger partial charge >= 0.3 is 0 Å². The maximum atomic E-state index is 6.13. The Hall–Kier alpha value is -1.34. The number of terminal acetylenes is 1. The van der Waals surface area contributed by atoms with Crippen LogP contribution in [0.15, 0.2) is 18.2 Å². The van der Waals surface area contributed by atoms with Crippen LogP contribution < -0.4 is 0 Å². The van der Waals surface area contributed by atoms with E-state index in [9.17, 15) is 0 Å². The first kappa shape index (κ1) is 16.5. The van der Waals surface area contributed by atoms with Crippen LogP contribution in [0.5, 0.6) is 0 Å². The van der Waals surface area contributed by atoms with Crippen molar-refractivity contribution in [3.8, 4) is 12.3 Å². The summed E-state index contributed by atoms with van der Waals surface area (Å²) in [5, 5.41) is 0. The predicted octanol–water partition coefficient (Wildman–Crippen LogP) is 3.82. The molecule has 3 nitrogen and oxygen atoms in total. The molecule has 124 valence electrons. The highest BCUT2D eigenvalue weighted by atomic mass is 16.7. The second kappa shape index (κ2) is 6.65. The lowest BCUT2D eigenvalue weighted by molar-refractivity contribution is -0.253. The van der Waals surface area contributed by atoms with E-state index < -0.39 is 5.79 Å². The van der Waals surface area contributed by atoms with Gasteiger partial charge in [0.2, 0.25) is 0 Å². The van der Waals surface area contributed by atoms with Crippen LogP contribution in [0, 0.1) is 12.3 Å². The quantitative estimate of drug-likeness (QED) is 0.588. The summed E-state index contributed by atoms with van der Waals surface area (Å²) in [4.78, 5) is 2.52. The molecule has 0 aliphatic heterocycles. The molecule has 1 atom stereocenters. The van der Waals surface area contributed by atoms with Gasteiger partial charge in [-0.15, -0.1) is 6.42 Å². The number of ether oxygens (including phenoxy) is 2. The van der Waals surface area contributed by atoms with E-state index in [0.29, 0.717) is 19.3 Å². The van der Waals surface area contributed by atoms with Gasteiger partial charge in [0.15, 0.2) is 5.79 Å². The van der Waals surface area contributed by atoms with Gasteiger partial charge < -0.3 is 9.47 Å². The van der Waals surface area contributed by atoms with Gasteiger partial charge in [0, 0.05) is 42.8 Å². The lowest BCUT2D eigenvalue weighted by Crippen LogP contribution is -2.41. The highest BCUT2D eigenvalue weighted by molar-refractivity contribution is 5.44. The van der Waals surface area contributed by atoms with Crippen molar-refractivity contribution >= 4 is 0 Å². The molecule has 1 fully saturated rings. The van der Waals surface area contributed by atoms with Gasteiger partial charge in [-0.3, -0.25) is 4.90 Å². The SMILES string of the molecule is C#Cc1ccc2c(c1)C(OCC)(OCC)CCC2N(C)C1CC1. The fourth-order valence-electron chi connectivity index (χ4n) is 3.85. The second-order valence-electron chi connectivity index (χ2n) is 6.52. The monoisotopic (exact) mass is 313 g/mol. The summed E-state index contributed by atoms with van der Waals surface area (Å²) in [6.45, 7) is 5.30. The third kappa shape index (κ3) is 3.04. The van der Waals surface area contributed by atoms with E-state index in [0.717, 1.165) is 30.0 Å². The molecule has 0 saturated heterocycles. The zero-order chi connectivity index (χ0) is 16.4. The van der Waals surface area contributed by atoms with Crippen LogP contribution in [0.4, 0.5) is 0 Å². The van der Waals surface area contributed by atoms with Gasteiger partial charge in [-0.05, 0) is 57.9 Å². The van der Waals surface area contributed by atoms with Gasteiger partial charge in [0.25, 0.3) is 0 Å². The zero-order valence-corrected chi connectivity index (χ0v) is 14.5. The molecule has 3 heteroatoms. The first-order valence-corrected chi connectivity index (χ1v) is 8.76. The van der Waals surface area contributed by atoms with E-state index in [4.69, 9.17) is 15.9 Å². The molecule has 2 aliphatic rings. The molecule has 3 rings (SSSR count). The molecule has 23 heavy (non-hydrogen) atoms. The Morgan fingerprint density at radius 1 is 1.22 bits per heavy atom. The predicted molar refractivity (Wildman–Crippen MR) is 92.1 cm³/mol. The van der Waals surface area contributed by atoms with Crippen LogP contribution in [0.1, 0.15) is 62.3 Å². The summed E-state index contributed by atoms with van der Waals surface area (Å²) in [6, 6.07) is 7.47. The van der Waals surface area contributed by atoms with Crippen molar-refractivity contribution in [3.05, 3.63) is 34.9 Å². The number of benzene rings is 1. The van der Waals surface area contributed by atoms with Crippen LogP contribution in [0.25, 0.3) is 0 Å². The molecule has 0 spiro atoms. The Balaban J connectivity index is 2.05. The highest BCUT2D eigenvalue weighted by Gasteiger charge is 2.44. The van der Waals surface area contributed by atoms with Gasteiger partial charge in [0.1, 0.15) is 0 Å². The van der Waals surface area contributed by atoms with E-state index in [-0.39, 0.29) is 0 Å². The molecule has 0 N–H and O–H groups in total. The summed E-state index contributed by atoms with van der Waals surface area (Å²) < 4.78 is 12.3. The van der Waals surface area contributed by atoms with Gasteiger partial charge in [-0.1, -0.05) is 12.0 Å². The number of rotatable bonds is 6. The van der Waals surface area contributed by atoms with Crippen LogP contribution in [0.2, 0.25) is 0 Å². The molecule has 0 heterocycles. The third-order valence-corrected chi connectivity index (χ3v) is 5.11. The molecular weight excluding hydrogens is 286 g/mol. The van der Waals surface area contributed by atoms with Crippen molar-refractivity contribution in [2.24, 2.45) is 0 Å². The van der Waals surface area contributed by atoms with E-state index in [1.54, 1.807) is 0 Å². The van der Waals surface area contributed by atoms with Crippen molar-refractivity contribution < 1.29 is 9.47 Å². The first-order chi connectivity index (χ1) is 11.1. The van der Waals surface area contributed by atoms with Gasteiger partial charge in [-0.25, -0.2) is 0 Å². The Morgan fingerprint density at radius 3 is 2.48 bits per heavy atom. The van der Waals surface area contributed by atoms with Crippen LogP contribution in [0.3, 0.4) is 0 Å². The van der Waals surface area contributed by atoms with Crippen molar-refractivity contribution in [1.29, 1.82) is 0 Å². The summed E-state index contributed by atoms with van der Waals surface area (Å²) in [5.74, 6) is 2.11. The fraction of sp³-hybridized carbons (Fsp3) is 0.600. The summed E-state index contributed by atoms with van der Waals surface area (Å²) in [5.41, 5.74) is 3.33. The normalized spacial score (nSPS) is 22.7. The lowest BCUT2D eigenvalue weighted by atomic mass is 9.81. The van der Waals surface area contributed by atoms with Crippen LogP contribution in [-0.2, 0) is 15.3 Å². The average Bonchev–Trinajstić information content (AvgIpc) is 3.40. The number of hydrogen-bond acceptors (Lipinski definition) is 3. The van der Waals surface area contributed by atoms with Crippen molar-refractivity contribution in [1.82, 2.24) is 4.90 Å². The highest BCUT2D eigenvalue weighted by Crippen LogP contribution is 2.47. The molecule has 1 saturated carbocycles. The maximum absolute atomic E-state index is 6.13. The lowest BCUT2D eigenvalue weighted by Gasteiger charge is -2.43. The van der Waals surface area contributed by atoms with E-state index in [2.05, 4.69) is 30.0 Å². The zero-order valence-electron chi connectivity index (χ0n) is 14.5. The third-order valence-electron chi connectivity index (χ3n) is 5.11. The standard InChI is InChI=1S/C20H27NO2/c1-5-15-8-11-17-18(14-15)20(22-6-2,23-7-3)13-12-19(17)21(4)16-9-10-16/h1,8,11,14,16,19H,6-7,9-10,12-13H2,2-4H3. The van der Waals surface area contributed by atoms with Crippen LogP contribution >= 0.6 is 0 Å². The molecule has 2 aliphatic carbocycles. The van der Waals surface area contributed by atoms with Crippen molar-refractivity contribution in [3.63, 3.8) is 0 Å². The fourth-order valence-corrected chi connectivity index (χ4v) is 3.85. The minimum Gasteiger partial charge on any atom is -0.346 e. The molecular formula is C20H27NO2. The minimum absolute atomic E-state index is 0.429. The van der Waals surface area contributed by atoms with Gasteiger partial charge in [-0.2, -0.15) is 0 Å². The Morgan fingerprint density at radius 2 is 1.91 bits per heavy atom. The Bertz CT molecular complexity index is 594. The summed E-state index contributed by atoms with van der Waals surface area (Å²) in [7, 11) is 2.25. The van der Waals surface area contributed by atoms with E-state index in [1.165, 1.54) is 18.4 Å². The second-order valence-corrected chi connectivity index (χ2v) is 6.52. The molecule has 0 amide bonds. The summed E-state index contributed by atoms with van der Waals surface area (Å²) in [6.07, 6.45) is 10.2. The molecule has 1 aromatic carbocycles. The average molecular weight is 313 g/mol. The molecule has 1 unspecified atom stereocenters. The molecule has 1 aromatic rings. The molecule has 0 aromatic heterocycles. The topological polar surface area (TPSA) is 21.7 Å². The smallest absolute Gasteiger partial charge is 0.195 e. The van der Waals surface area contributed by atoms with E-state index in [1.807, 2.05) is 19.9 Å². The van der Waals surface area contributed by atoms with Crippen LogP contribution in [-0.4, -0.2) is 31.2 Å². The largest absolute Gasteiger partial charge is 0.346 e. The van der Waals surface area contributed by atoms with Crippen molar-refractivity contribution in [2.75, 3.05) is 20.3 Å². The molecule has 0 radical (unpaired) electrons. The Labute approximate surface area is 140 Å². The van der Waals surface area contributed by atoms with Crippen molar-refractivity contribution in [2.45, 2.75) is 57.4 Å².